The molecule has 1 aromatic carbocycles. The molecule has 1 heterocycles. The smallest absolute Gasteiger partial charge is 0.243 e. The maximum atomic E-state index is 13.1. The van der Waals surface area contributed by atoms with Gasteiger partial charge in [-0.1, -0.05) is 12.1 Å². The molecule has 1 fully saturated rings. The quantitative estimate of drug-likeness (QED) is 0.712. The van der Waals surface area contributed by atoms with Gasteiger partial charge in [0.25, 0.3) is 0 Å². The van der Waals surface area contributed by atoms with E-state index in [1.165, 1.54) is 6.07 Å². The number of nitrogens with zero attached hydrogens (tertiary/aromatic N) is 1. The zero-order chi connectivity index (χ0) is 18.1. The molecule has 0 unspecified atom stereocenters. The second-order valence-corrected chi connectivity index (χ2v) is 10.3. The molecule has 136 valence electrons. The van der Waals surface area contributed by atoms with Crippen molar-refractivity contribution >= 4 is 19.9 Å². The summed E-state index contributed by atoms with van der Waals surface area (Å²) in [6.45, 7) is 2.49. The zero-order valence-electron chi connectivity index (χ0n) is 13.7. The topological polar surface area (TPSA) is 112 Å². The summed E-state index contributed by atoms with van der Waals surface area (Å²) < 4.78 is 50.7. The standard InChI is InChI=1S/C15H23NO6S2/c1-11-3-4-12(2)15(7-11)24(21,22)16(8-14(18)9-17)13-5-6-23(19,20)10-13/h3-4,7,13-14,17-18H,5-6,8-10H2,1-2H3/t13-,14+/m0/s1. The molecule has 0 aromatic heterocycles. The van der Waals surface area contributed by atoms with Gasteiger partial charge in [-0.25, -0.2) is 16.8 Å². The molecule has 0 radical (unpaired) electrons. The van der Waals surface area contributed by atoms with Crippen molar-refractivity contribution in [2.75, 3.05) is 24.7 Å². The first-order valence-corrected chi connectivity index (χ1v) is 10.9. The van der Waals surface area contributed by atoms with Crippen molar-refractivity contribution in [1.82, 2.24) is 4.31 Å². The van der Waals surface area contributed by atoms with Gasteiger partial charge in [-0.3, -0.25) is 0 Å². The van der Waals surface area contributed by atoms with Crippen LogP contribution in [-0.4, -0.2) is 68.2 Å². The molecule has 0 saturated carbocycles. The lowest BCUT2D eigenvalue weighted by Crippen LogP contribution is -2.46. The number of sulfonamides is 1. The van der Waals surface area contributed by atoms with Crippen LogP contribution in [0, 0.1) is 13.8 Å². The summed E-state index contributed by atoms with van der Waals surface area (Å²) in [7, 11) is -7.29. The molecule has 2 rings (SSSR count). The van der Waals surface area contributed by atoms with Crippen LogP contribution in [0.5, 0.6) is 0 Å². The number of hydrogen-bond acceptors (Lipinski definition) is 6. The number of aliphatic hydroxyl groups is 2. The number of benzene rings is 1. The molecule has 7 nitrogen and oxygen atoms in total. The Morgan fingerprint density at radius 3 is 2.54 bits per heavy atom. The van der Waals surface area contributed by atoms with Crippen molar-refractivity contribution in [1.29, 1.82) is 0 Å². The molecule has 9 heteroatoms. The summed E-state index contributed by atoms with van der Waals surface area (Å²) in [5, 5.41) is 18.8. The van der Waals surface area contributed by atoms with Crippen LogP contribution in [0.3, 0.4) is 0 Å². The molecule has 0 aliphatic carbocycles. The SMILES string of the molecule is Cc1ccc(C)c(S(=O)(=O)N(C[C@@H](O)CO)[C@H]2CCS(=O)(=O)C2)c1. The van der Waals surface area contributed by atoms with Crippen molar-refractivity contribution < 1.29 is 27.0 Å². The van der Waals surface area contributed by atoms with E-state index in [4.69, 9.17) is 5.11 Å². The highest BCUT2D eigenvalue weighted by Gasteiger charge is 2.40. The number of rotatable bonds is 6. The molecule has 2 N–H and O–H groups in total. The minimum Gasteiger partial charge on any atom is -0.394 e. The highest BCUT2D eigenvalue weighted by molar-refractivity contribution is 7.92. The first-order chi connectivity index (χ1) is 11.1. The van der Waals surface area contributed by atoms with E-state index >= 15 is 0 Å². The Labute approximate surface area is 142 Å². The fourth-order valence-corrected chi connectivity index (χ4v) is 6.65. The number of sulfone groups is 1. The number of hydrogen-bond donors (Lipinski definition) is 2. The van der Waals surface area contributed by atoms with E-state index in [0.717, 1.165) is 9.87 Å². The van der Waals surface area contributed by atoms with Crippen LogP contribution in [0.4, 0.5) is 0 Å². The summed E-state index contributed by atoms with van der Waals surface area (Å²) in [4.78, 5) is 0.0944. The van der Waals surface area contributed by atoms with Gasteiger partial charge < -0.3 is 10.2 Å². The fourth-order valence-electron chi connectivity index (χ4n) is 2.82. The number of aliphatic hydroxyl groups excluding tert-OH is 2. The second-order valence-electron chi connectivity index (χ2n) is 6.24. The summed E-state index contributed by atoms with van der Waals surface area (Å²) >= 11 is 0. The zero-order valence-corrected chi connectivity index (χ0v) is 15.3. The van der Waals surface area contributed by atoms with E-state index in [1.54, 1.807) is 26.0 Å². The molecule has 1 aromatic rings. The molecule has 0 amide bonds. The van der Waals surface area contributed by atoms with E-state index in [2.05, 4.69) is 0 Å². The molecule has 1 aliphatic heterocycles. The van der Waals surface area contributed by atoms with Crippen LogP contribution in [0.15, 0.2) is 23.1 Å². The van der Waals surface area contributed by atoms with Crippen LogP contribution < -0.4 is 0 Å². The first-order valence-electron chi connectivity index (χ1n) is 7.65. The Morgan fingerprint density at radius 1 is 1.33 bits per heavy atom. The summed E-state index contributed by atoms with van der Waals surface area (Å²) in [6.07, 6.45) is -1.09. The van der Waals surface area contributed by atoms with Crippen LogP contribution in [-0.2, 0) is 19.9 Å². The van der Waals surface area contributed by atoms with Crippen molar-refractivity contribution in [3.63, 3.8) is 0 Å². The van der Waals surface area contributed by atoms with Gasteiger partial charge in [-0.15, -0.1) is 0 Å². The van der Waals surface area contributed by atoms with Crippen molar-refractivity contribution in [3.8, 4) is 0 Å². The third kappa shape index (κ3) is 4.15. The summed E-state index contributed by atoms with van der Waals surface area (Å²) in [5.41, 5.74) is 1.31. The van der Waals surface area contributed by atoms with E-state index < -0.39 is 38.6 Å². The second kappa shape index (κ2) is 7.09. The summed E-state index contributed by atoms with van der Waals surface area (Å²) in [6, 6.07) is 4.28. The molecule has 1 saturated heterocycles. The Morgan fingerprint density at radius 2 is 2.00 bits per heavy atom. The largest absolute Gasteiger partial charge is 0.394 e. The lowest BCUT2D eigenvalue weighted by atomic mass is 10.2. The van der Waals surface area contributed by atoms with Crippen LogP contribution in [0.1, 0.15) is 17.5 Å². The Balaban J connectivity index is 2.47. The predicted octanol–water partition coefficient (Wildman–Crippen LogP) is -0.166. The van der Waals surface area contributed by atoms with Gasteiger partial charge in [0.05, 0.1) is 29.1 Å². The molecule has 24 heavy (non-hydrogen) atoms. The normalized spacial score (nSPS) is 22.0. The van der Waals surface area contributed by atoms with Gasteiger partial charge in [-0.05, 0) is 37.5 Å². The average Bonchev–Trinajstić information content (AvgIpc) is 2.86. The highest BCUT2D eigenvalue weighted by atomic mass is 32.2. The van der Waals surface area contributed by atoms with Crippen molar-refractivity contribution in [2.24, 2.45) is 0 Å². The van der Waals surface area contributed by atoms with Crippen molar-refractivity contribution in [3.05, 3.63) is 29.3 Å². The Kier molecular flexibility index (Phi) is 5.71. The predicted molar refractivity (Wildman–Crippen MR) is 90.0 cm³/mol. The fraction of sp³-hybridized carbons (Fsp3) is 0.600. The molecular formula is C15H23NO6S2. The Bertz CT molecular complexity index is 803. The van der Waals surface area contributed by atoms with Gasteiger partial charge in [0.15, 0.2) is 9.84 Å². The minimum atomic E-state index is -4.00. The highest BCUT2D eigenvalue weighted by Crippen LogP contribution is 2.27. The number of aryl methyl sites for hydroxylation is 2. The molecule has 2 atom stereocenters. The lowest BCUT2D eigenvalue weighted by Gasteiger charge is -2.29. The molecule has 1 aliphatic rings. The lowest BCUT2D eigenvalue weighted by molar-refractivity contribution is 0.0730. The van der Waals surface area contributed by atoms with E-state index in [9.17, 15) is 21.9 Å². The minimum absolute atomic E-state index is 0.0777. The molecule has 0 spiro atoms. The Hall–Kier alpha value is -1.00. The third-order valence-electron chi connectivity index (χ3n) is 4.15. The molecular weight excluding hydrogens is 354 g/mol. The maximum Gasteiger partial charge on any atom is 0.243 e. The van der Waals surface area contributed by atoms with E-state index in [0.29, 0.717) is 5.56 Å². The van der Waals surface area contributed by atoms with Crippen molar-refractivity contribution in [2.45, 2.75) is 37.3 Å². The average molecular weight is 377 g/mol. The van der Waals surface area contributed by atoms with Gasteiger partial charge in [0.1, 0.15) is 0 Å². The third-order valence-corrected chi connectivity index (χ3v) is 7.96. The van der Waals surface area contributed by atoms with Gasteiger partial charge >= 0.3 is 0 Å². The van der Waals surface area contributed by atoms with Gasteiger partial charge in [-0.2, -0.15) is 4.31 Å². The monoisotopic (exact) mass is 377 g/mol. The van der Waals surface area contributed by atoms with Gasteiger partial charge in [0.2, 0.25) is 10.0 Å². The van der Waals surface area contributed by atoms with E-state index in [-0.39, 0.29) is 29.4 Å². The first kappa shape index (κ1) is 19.3. The van der Waals surface area contributed by atoms with Crippen LogP contribution in [0.2, 0.25) is 0 Å². The summed E-state index contributed by atoms with van der Waals surface area (Å²) in [5.74, 6) is -0.346. The maximum absolute atomic E-state index is 13.1. The van der Waals surface area contributed by atoms with Crippen LogP contribution in [0.25, 0.3) is 0 Å². The van der Waals surface area contributed by atoms with E-state index in [1.807, 2.05) is 0 Å². The van der Waals surface area contributed by atoms with Crippen LogP contribution >= 0.6 is 0 Å². The molecule has 0 bridgehead atoms. The van der Waals surface area contributed by atoms with Gasteiger partial charge in [0, 0.05) is 12.6 Å².